The molecule has 0 aliphatic heterocycles. The summed E-state index contributed by atoms with van der Waals surface area (Å²) in [7, 11) is 0. The number of amides is 1. The first-order valence-corrected chi connectivity index (χ1v) is 5.75. The van der Waals surface area contributed by atoms with Crippen LogP contribution in [0, 0.1) is 13.8 Å². The zero-order valence-corrected chi connectivity index (χ0v) is 10.6. The molecule has 0 spiro atoms. The van der Waals surface area contributed by atoms with Crippen LogP contribution in [-0.4, -0.2) is 25.1 Å². The van der Waals surface area contributed by atoms with Crippen LogP contribution in [0.4, 0.5) is 0 Å². The minimum atomic E-state index is -0.511. The molecular weight excluding hydrogens is 216 g/mol. The molecule has 1 aromatic rings. The predicted molar refractivity (Wildman–Crippen MR) is 68.1 cm³/mol. The van der Waals surface area contributed by atoms with E-state index in [9.17, 15) is 4.79 Å². The van der Waals surface area contributed by atoms with Crippen LogP contribution in [0.3, 0.4) is 0 Å². The molecule has 0 radical (unpaired) electrons. The minimum absolute atomic E-state index is 0.144. The molecule has 1 rings (SSSR count). The molecule has 4 heteroatoms. The summed E-state index contributed by atoms with van der Waals surface area (Å²) in [6.45, 7) is 6.63. The largest absolute Gasteiger partial charge is 0.481 e. The molecule has 94 valence electrons. The first-order valence-electron chi connectivity index (χ1n) is 5.75. The summed E-state index contributed by atoms with van der Waals surface area (Å²) in [5.74, 6) is 0.576. The van der Waals surface area contributed by atoms with Gasteiger partial charge in [0.05, 0.1) is 0 Å². The first-order chi connectivity index (χ1) is 8.02. The average molecular weight is 236 g/mol. The standard InChI is InChI=1S/C13H20N2O2/c1-9-6-10(2)8-12(7-9)17-11(3)13(16)15-5-4-14/h6-8,11H,4-5,14H2,1-3H3,(H,15,16). The van der Waals surface area contributed by atoms with Gasteiger partial charge in [0.25, 0.3) is 5.91 Å². The van der Waals surface area contributed by atoms with Crippen LogP contribution >= 0.6 is 0 Å². The summed E-state index contributed by atoms with van der Waals surface area (Å²) in [6, 6.07) is 5.89. The summed E-state index contributed by atoms with van der Waals surface area (Å²) in [6.07, 6.45) is -0.511. The molecule has 1 aromatic carbocycles. The number of rotatable bonds is 5. The molecule has 0 bridgehead atoms. The Balaban J connectivity index is 2.60. The third-order valence-electron chi connectivity index (χ3n) is 2.32. The summed E-state index contributed by atoms with van der Waals surface area (Å²) < 4.78 is 5.58. The lowest BCUT2D eigenvalue weighted by Crippen LogP contribution is -2.38. The fraction of sp³-hybridized carbons (Fsp3) is 0.462. The monoisotopic (exact) mass is 236 g/mol. The maximum atomic E-state index is 11.6. The van der Waals surface area contributed by atoms with Gasteiger partial charge in [0, 0.05) is 13.1 Å². The van der Waals surface area contributed by atoms with E-state index in [1.807, 2.05) is 26.0 Å². The molecule has 0 saturated heterocycles. The summed E-state index contributed by atoms with van der Waals surface area (Å²) in [5, 5.41) is 2.69. The fourth-order valence-corrected chi connectivity index (χ4v) is 1.60. The van der Waals surface area contributed by atoms with E-state index in [0.29, 0.717) is 13.1 Å². The van der Waals surface area contributed by atoms with Crippen molar-refractivity contribution in [3.8, 4) is 5.75 Å². The number of carbonyl (C=O) groups is 1. The van der Waals surface area contributed by atoms with Gasteiger partial charge in [-0.2, -0.15) is 0 Å². The van der Waals surface area contributed by atoms with Crippen LogP contribution in [0.25, 0.3) is 0 Å². The Hall–Kier alpha value is -1.55. The molecule has 4 nitrogen and oxygen atoms in total. The van der Waals surface area contributed by atoms with E-state index in [-0.39, 0.29) is 5.91 Å². The zero-order valence-electron chi connectivity index (χ0n) is 10.6. The topological polar surface area (TPSA) is 64.3 Å². The number of hydrogen-bond acceptors (Lipinski definition) is 3. The molecule has 1 unspecified atom stereocenters. The molecule has 0 aliphatic rings. The van der Waals surface area contributed by atoms with Crippen molar-refractivity contribution in [1.82, 2.24) is 5.32 Å². The second-order valence-electron chi connectivity index (χ2n) is 4.16. The van der Waals surface area contributed by atoms with Gasteiger partial charge in [-0.25, -0.2) is 0 Å². The number of carbonyl (C=O) groups excluding carboxylic acids is 1. The van der Waals surface area contributed by atoms with Gasteiger partial charge < -0.3 is 15.8 Å². The maximum Gasteiger partial charge on any atom is 0.260 e. The number of ether oxygens (including phenoxy) is 1. The van der Waals surface area contributed by atoms with Gasteiger partial charge in [-0.3, -0.25) is 4.79 Å². The molecule has 3 N–H and O–H groups in total. The molecule has 0 saturated carbocycles. The predicted octanol–water partition coefficient (Wildman–Crippen LogP) is 1.15. The highest BCUT2D eigenvalue weighted by Crippen LogP contribution is 2.17. The summed E-state index contributed by atoms with van der Waals surface area (Å²) >= 11 is 0. The number of hydrogen-bond donors (Lipinski definition) is 2. The van der Waals surface area contributed by atoms with Gasteiger partial charge in [0.1, 0.15) is 5.75 Å². The smallest absolute Gasteiger partial charge is 0.260 e. The number of nitrogens with two attached hydrogens (primary N) is 1. The Kier molecular flexibility index (Phi) is 4.97. The fourth-order valence-electron chi connectivity index (χ4n) is 1.60. The molecule has 0 heterocycles. The molecule has 1 amide bonds. The van der Waals surface area contributed by atoms with Crippen molar-refractivity contribution in [1.29, 1.82) is 0 Å². The molecule has 0 fully saturated rings. The Labute approximate surface area is 102 Å². The Morgan fingerprint density at radius 1 is 1.35 bits per heavy atom. The molecular formula is C13H20N2O2. The van der Waals surface area contributed by atoms with Gasteiger partial charge >= 0.3 is 0 Å². The van der Waals surface area contributed by atoms with E-state index in [2.05, 4.69) is 11.4 Å². The second kappa shape index (κ2) is 6.25. The zero-order chi connectivity index (χ0) is 12.8. The van der Waals surface area contributed by atoms with Crippen molar-refractivity contribution in [2.24, 2.45) is 5.73 Å². The summed E-state index contributed by atoms with van der Waals surface area (Å²) in [4.78, 5) is 11.6. The normalized spacial score (nSPS) is 12.0. The van der Waals surface area contributed by atoms with E-state index >= 15 is 0 Å². The highest BCUT2D eigenvalue weighted by Gasteiger charge is 2.13. The summed E-state index contributed by atoms with van der Waals surface area (Å²) in [5.41, 5.74) is 7.55. The highest BCUT2D eigenvalue weighted by atomic mass is 16.5. The van der Waals surface area contributed by atoms with Gasteiger partial charge in [0.2, 0.25) is 0 Å². The lowest BCUT2D eigenvalue weighted by Gasteiger charge is -2.15. The van der Waals surface area contributed by atoms with Gasteiger partial charge in [-0.05, 0) is 44.0 Å². The molecule has 0 aromatic heterocycles. The van der Waals surface area contributed by atoms with Crippen molar-refractivity contribution >= 4 is 5.91 Å². The van der Waals surface area contributed by atoms with Crippen LogP contribution in [0.5, 0.6) is 5.75 Å². The van der Waals surface area contributed by atoms with E-state index in [1.165, 1.54) is 0 Å². The Bertz CT molecular complexity index is 371. The van der Waals surface area contributed by atoms with E-state index < -0.39 is 6.10 Å². The van der Waals surface area contributed by atoms with E-state index in [0.717, 1.165) is 16.9 Å². The van der Waals surface area contributed by atoms with Crippen molar-refractivity contribution in [2.45, 2.75) is 26.9 Å². The number of benzene rings is 1. The lowest BCUT2D eigenvalue weighted by molar-refractivity contribution is -0.127. The van der Waals surface area contributed by atoms with E-state index in [1.54, 1.807) is 6.92 Å². The van der Waals surface area contributed by atoms with Crippen LogP contribution in [-0.2, 0) is 4.79 Å². The van der Waals surface area contributed by atoms with Crippen molar-refractivity contribution < 1.29 is 9.53 Å². The van der Waals surface area contributed by atoms with Crippen molar-refractivity contribution in [3.63, 3.8) is 0 Å². The lowest BCUT2D eigenvalue weighted by atomic mass is 10.1. The third-order valence-corrected chi connectivity index (χ3v) is 2.32. The van der Waals surface area contributed by atoms with Crippen molar-refractivity contribution in [2.75, 3.05) is 13.1 Å². The number of nitrogens with one attached hydrogen (secondary N) is 1. The molecule has 17 heavy (non-hydrogen) atoms. The Morgan fingerprint density at radius 3 is 2.47 bits per heavy atom. The first kappa shape index (κ1) is 13.5. The maximum absolute atomic E-state index is 11.6. The van der Waals surface area contributed by atoms with E-state index in [4.69, 9.17) is 10.5 Å². The van der Waals surface area contributed by atoms with Crippen molar-refractivity contribution in [3.05, 3.63) is 29.3 Å². The highest BCUT2D eigenvalue weighted by molar-refractivity contribution is 5.80. The van der Waals surface area contributed by atoms with Gasteiger partial charge in [-0.15, -0.1) is 0 Å². The Morgan fingerprint density at radius 2 is 1.94 bits per heavy atom. The minimum Gasteiger partial charge on any atom is -0.481 e. The van der Waals surface area contributed by atoms with Gasteiger partial charge in [-0.1, -0.05) is 6.07 Å². The van der Waals surface area contributed by atoms with Crippen LogP contribution in [0.2, 0.25) is 0 Å². The van der Waals surface area contributed by atoms with Crippen LogP contribution in [0.15, 0.2) is 18.2 Å². The molecule has 0 aliphatic carbocycles. The van der Waals surface area contributed by atoms with Crippen LogP contribution in [0.1, 0.15) is 18.1 Å². The molecule has 1 atom stereocenters. The van der Waals surface area contributed by atoms with Crippen LogP contribution < -0.4 is 15.8 Å². The number of aryl methyl sites for hydroxylation is 2. The SMILES string of the molecule is Cc1cc(C)cc(OC(C)C(=O)NCCN)c1. The average Bonchev–Trinajstić information content (AvgIpc) is 2.24. The van der Waals surface area contributed by atoms with Gasteiger partial charge in [0.15, 0.2) is 6.10 Å². The quantitative estimate of drug-likeness (QED) is 0.806. The third kappa shape index (κ3) is 4.44. The second-order valence-corrected chi connectivity index (χ2v) is 4.16.